The molecule has 1 aromatic heterocycles. The first-order valence-electron chi connectivity index (χ1n) is 5.86. The zero-order valence-corrected chi connectivity index (χ0v) is 14.9. The minimum atomic E-state index is -6.72. The van der Waals surface area contributed by atoms with E-state index in [0.29, 0.717) is 0 Å². The molecule has 0 unspecified atom stereocenters. The molecule has 0 spiro atoms. The van der Waals surface area contributed by atoms with E-state index in [1.54, 1.807) is 11.3 Å². The molecule has 7 nitrogen and oxygen atoms in total. The molecule has 0 aromatic carbocycles. The fraction of sp³-hybridized carbons (Fsp3) is 0.667. The number of aromatic nitrogens is 1. The molecule has 0 bridgehead atoms. The van der Waals surface area contributed by atoms with Crippen molar-refractivity contribution in [2.45, 2.75) is 24.4 Å². The standard InChI is InChI=1S/C7H12NOS.C2F6NO4S2/c1-6-7(3-4-9)10-5-8(6)2;3-1(4,5)14(10,11)9-15(12,13)2(6,7)8/h5,9H,3-4H2,1-2H3;/q+1;-1. The van der Waals surface area contributed by atoms with Gasteiger partial charge in [-0.1, -0.05) is 11.3 Å². The monoisotopic (exact) mass is 438 g/mol. The zero-order valence-electron chi connectivity index (χ0n) is 12.5. The number of rotatable bonds is 4. The van der Waals surface area contributed by atoms with Crippen molar-refractivity contribution in [1.82, 2.24) is 0 Å². The fourth-order valence-corrected chi connectivity index (χ4v) is 3.74. The van der Waals surface area contributed by atoms with Crippen molar-refractivity contribution < 1.29 is 52.9 Å². The van der Waals surface area contributed by atoms with Gasteiger partial charge in [0.2, 0.25) is 5.51 Å². The van der Waals surface area contributed by atoms with Crippen molar-refractivity contribution in [2.75, 3.05) is 6.61 Å². The molecule has 0 saturated heterocycles. The number of aliphatic hydroxyl groups is 1. The van der Waals surface area contributed by atoms with Gasteiger partial charge in [-0.15, -0.1) is 0 Å². The minimum Gasteiger partial charge on any atom is -0.421 e. The van der Waals surface area contributed by atoms with Gasteiger partial charge in [0.25, 0.3) is 0 Å². The molecule has 0 amide bonds. The summed E-state index contributed by atoms with van der Waals surface area (Å²) in [6.07, 6.45) is 0.789. The van der Waals surface area contributed by atoms with Crippen LogP contribution in [0.5, 0.6) is 0 Å². The average Bonchev–Trinajstić information content (AvgIpc) is 2.68. The first-order valence-corrected chi connectivity index (χ1v) is 9.62. The molecule has 0 atom stereocenters. The minimum absolute atomic E-state index is 0.251. The lowest BCUT2D eigenvalue weighted by molar-refractivity contribution is -0.673. The Morgan fingerprint density at radius 2 is 1.48 bits per heavy atom. The Kier molecular flexibility index (Phi) is 7.83. The molecule has 16 heteroatoms. The highest BCUT2D eigenvalue weighted by Crippen LogP contribution is 2.36. The van der Waals surface area contributed by atoms with E-state index in [4.69, 9.17) is 5.11 Å². The van der Waals surface area contributed by atoms with Gasteiger partial charge >= 0.3 is 11.0 Å². The van der Waals surface area contributed by atoms with Gasteiger partial charge in [-0.25, -0.2) is 16.8 Å². The van der Waals surface area contributed by atoms with Gasteiger partial charge in [0.05, 0.1) is 4.88 Å². The van der Waals surface area contributed by atoms with Gasteiger partial charge < -0.3 is 9.23 Å². The first kappa shape index (κ1) is 24.0. The van der Waals surface area contributed by atoms with Crippen LogP contribution in [0, 0.1) is 6.92 Å². The molecule has 0 radical (unpaired) electrons. The van der Waals surface area contributed by atoms with Crippen LogP contribution in [-0.4, -0.2) is 39.6 Å². The van der Waals surface area contributed by atoms with E-state index in [2.05, 4.69) is 17.0 Å². The van der Waals surface area contributed by atoms with Crippen molar-refractivity contribution in [2.24, 2.45) is 7.05 Å². The van der Waals surface area contributed by atoms with Gasteiger partial charge in [0.15, 0.2) is 25.7 Å². The van der Waals surface area contributed by atoms with E-state index in [9.17, 15) is 43.2 Å². The van der Waals surface area contributed by atoms with E-state index >= 15 is 0 Å². The molecule has 1 rings (SSSR count). The topological polar surface area (TPSA) is 106 Å². The summed E-state index contributed by atoms with van der Waals surface area (Å²) in [5, 5.41) is 8.65. The molecular weight excluding hydrogens is 426 g/mol. The van der Waals surface area contributed by atoms with Crippen LogP contribution in [0.4, 0.5) is 26.3 Å². The summed E-state index contributed by atoms with van der Waals surface area (Å²) in [5.74, 6) is 0. The maximum Gasteiger partial charge on any atom is 0.480 e. The van der Waals surface area contributed by atoms with Crippen LogP contribution in [0.2, 0.25) is 0 Å². The molecule has 1 N–H and O–H groups in total. The zero-order chi connectivity index (χ0) is 20.3. The van der Waals surface area contributed by atoms with Crippen LogP contribution in [0.15, 0.2) is 5.51 Å². The third-order valence-corrected chi connectivity index (χ3v) is 6.35. The lowest BCUT2D eigenvalue weighted by atomic mass is 10.3. The van der Waals surface area contributed by atoms with Gasteiger partial charge in [0, 0.05) is 20.0 Å². The number of hydrogen-bond acceptors (Lipinski definition) is 6. The Balaban J connectivity index is 0.000000496. The van der Waals surface area contributed by atoms with Gasteiger partial charge in [0.1, 0.15) is 7.05 Å². The molecule has 0 fully saturated rings. The second-order valence-electron chi connectivity index (χ2n) is 4.23. The summed E-state index contributed by atoms with van der Waals surface area (Å²) in [5.41, 5.74) is -9.09. The molecule has 0 aliphatic carbocycles. The quantitative estimate of drug-likeness (QED) is 0.566. The van der Waals surface area contributed by atoms with Gasteiger partial charge in [-0.05, 0) is 0 Å². The van der Waals surface area contributed by atoms with Crippen LogP contribution in [0.1, 0.15) is 10.6 Å². The summed E-state index contributed by atoms with van der Waals surface area (Å²) in [4.78, 5) is 1.28. The number of aryl methyl sites for hydroxylation is 1. The summed E-state index contributed by atoms with van der Waals surface area (Å²) in [7, 11) is -11.4. The maximum atomic E-state index is 11.4. The fourth-order valence-electron chi connectivity index (χ4n) is 1.06. The lowest BCUT2D eigenvalue weighted by Gasteiger charge is -2.22. The van der Waals surface area contributed by atoms with Crippen LogP contribution in [0.3, 0.4) is 0 Å². The molecule has 1 aromatic rings. The lowest BCUT2D eigenvalue weighted by Crippen LogP contribution is -2.30. The maximum absolute atomic E-state index is 11.4. The largest absolute Gasteiger partial charge is 0.480 e. The van der Waals surface area contributed by atoms with E-state index in [0.717, 1.165) is 10.5 Å². The Bertz CT molecular complexity index is 740. The second kappa shape index (κ2) is 8.15. The number of thiazole rings is 1. The van der Waals surface area contributed by atoms with Crippen LogP contribution >= 0.6 is 11.3 Å². The average molecular weight is 438 g/mol. The third kappa shape index (κ3) is 6.69. The Morgan fingerprint density at radius 1 is 1.08 bits per heavy atom. The van der Waals surface area contributed by atoms with Crippen molar-refractivity contribution in [3.05, 3.63) is 20.2 Å². The molecule has 0 aliphatic heterocycles. The predicted molar refractivity (Wildman–Crippen MR) is 74.3 cm³/mol. The number of aliphatic hydroxyl groups excluding tert-OH is 1. The highest BCUT2D eigenvalue weighted by Gasteiger charge is 2.46. The smallest absolute Gasteiger partial charge is 0.421 e. The summed E-state index contributed by atoms with van der Waals surface area (Å²) < 4.78 is 111. The highest BCUT2D eigenvalue weighted by molar-refractivity contribution is 8.13. The molecular formula is C9H12F6N2O5S3. The predicted octanol–water partition coefficient (Wildman–Crippen LogP) is 1.48. The Labute approximate surface area is 143 Å². The number of hydrogen-bond donors (Lipinski definition) is 1. The van der Waals surface area contributed by atoms with Crippen LogP contribution in [0.25, 0.3) is 4.13 Å². The van der Waals surface area contributed by atoms with Gasteiger partial charge in [-0.3, -0.25) is 0 Å². The SMILES string of the molecule is Cc1c(CCO)sc[n+]1C.O=S(=O)([N-]S(=O)(=O)C(F)(F)F)C(F)(F)F. The molecule has 25 heavy (non-hydrogen) atoms. The summed E-state index contributed by atoms with van der Waals surface area (Å²) >= 11 is 1.70. The van der Waals surface area contributed by atoms with Crippen molar-refractivity contribution >= 4 is 31.4 Å². The van der Waals surface area contributed by atoms with Crippen molar-refractivity contribution in [3.8, 4) is 0 Å². The number of alkyl halides is 6. The molecule has 148 valence electrons. The van der Waals surface area contributed by atoms with Crippen molar-refractivity contribution in [1.29, 1.82) is 0 Å². The highest BCUT2D eigenvalue weighted by atomic mass is 32.3. The van der Waals surface area contributed by atoms with Gasteiger partial charge in [-0.2, -0.15) is 30.9 Å². The number of nitrogens with zero attached hydrogens (tertiary/aromatic N) is 2. The molecule has 0 aliphatic rings. The van der Waals surface area contributed by atoms with E-state index in [1.807, 2.05) is 7.05 Å². The number of halogens is 6. The van der Waals surface area contributed by atoms with E-state index in [1.165, 1.54) is 10.6 Å². The van der Waals surface area contributed by atoms with Crippen LogP contribution < -0.4 is 4.57 Å². The van der Waals surface area contributed by atoms with Crippen molar-refractivity contribution in [3.63, 3.8) is 0 Å². The number of sulfonamides is 2. The van der Waals surface area contributed by atoms with E-state index in [-0.39, 0.29) is 6.61 Å². The second-order valence-corrected chi connectivity index (χ2v) is 8.59. The normalized spacial score (nSPS) is 13.3. The molecule has 0 saturated carbocycles. The van der Waals surface area contributed by atoms with E-state index < -0.39 is 31.1 Å². The van der Waals surface area contributed by atoms with Crippen LogP contribution in [-0.2, 0) is 33.5 Å². The Morgan fingerprint density at radius 3 is 1.72 bits per heavy atom. The summed E-state index contributed by atoms with van der Waals surface area (Å²) in [6.45, 7) is 2.32. The molecule has 1 heterocycles. The third-order valence-electron chi connectivity index (χ3n) is 2.41. The first-order chi connectivity index (χ1) is 11.0. The summed E-state index contributed by atoms with van der Waals surface area (Å²) in [6, 6.07) is 0. The Hall–Kier alpha value is -0.970.